The Bertz CT molecular complexity index is 569. The average Bonchev–Trinajstić information content (AvgIpc) is 2.52. The third-order valence-electron chi connectivity index (χ3n) is 4.13. The molecule has 2 aromatic rings. The van der Waals surface area contributed by atoms with Gasteiger partial charge in [0.1, 0.15) is 5.44 Å². The molecule has 2 atom stereocenters. The molecule has 0 heterocycles. The molecule has 0 saturated heterocycles. The Morgan fingerprint density at radius 1 is 0.913 bits per heavy atom. The Labute approximate surface area is 146 Å². The van der Waals surface area contributed by atoms with Crippen molar-refractivity contribution in [3.63, 3.8) is 0 Å². The SMILES string of the molecule is CC(O)C(S)O[Si](c1ccccc1)(c1ccccc1)C(C)(C)C. The molecule has 0 radical (unpaired) electrons. The van der Waals surface area contributed by atoms with E-state index >= 15 is 0 Å². The van der Waals surface area contributed by atoms with Crippen LogP contribution in [-0.2, 0) is 4.43 Å². The maximum absolute atomic E-state index is 9.96. The van der Waals surface area contributed by atoms with Crippen LogP contribution in [0.4, 0.5) is 0 Å². The van der Waals surface area contributed by atoms with E-state index in [1.54, 1.807) is 6.92 Å². The molecular weight excluding hydrogens is 320 g/mol. The van der Waals surface area contributed by atoms with Crippen LogP contribution in [0.25, 0.3) is 0 Å². The maximum Gasteiger partial charge on any atom is 0.262 e. The molecule has 0 aliphatic heterocycles. The van der Waals surface area contributed by atoms with Crippen LogP contribution >= 0.6 is 12.6 Å². The first-order chi connectivity index (χ1) is 10.8. The fourth-order valence-corrected chi connectivity index (χ4v) is 8.02. The lowest BCUT2D eigenvalue weighted by Gasteiger charge is -2.44. The van der Waals surface area contributed by atoms with E-state index in [9.17, 15) is 5.11 Å². The Balaban J connectivity index is 2.69. The summed E-state index contributed by atoms with van der Waals surface area (Å²) in [5.41, 5.74) is -0.527. The largest absolute Gasteiger partial charge is 0.393 e. The molecule has 0 aliphatic carbocycles. The molecule has 4 heteroatoms. The lowest BCUT2D eigenvalue weighted by Crippen LogP contribution is -2.67. The molecule has 2 rings (SSSR count). The van der Waals surface area contributed by atoms with E-state index in [2.05, 4.69) is 57.7 Å². The second-order valence-corrected chi connectivity index (χ2v) is 11.7. The van der Waals surface area contributed by atoms with Crippen LogP contribution in [0.5, 0.6) is 0 Å². The van der Waals surface area contributed by atoms with Crippen molar-refractivity contribution in [1.29, 1.82) is 0 Å². The van der Waals surface area contributed by atoms with Gasteiger partial charge in [-0.3, -0.25) is 0 Å². The first-order valence-electron chi connectivity index (χ1n) is 7.94. The normalized spacial score (nSPS) is 15.2. The second-order valence-electron chi connectivity index (χ2n) is 6.91. The van der Waals surface area contributed by atoms with Gasteiger partial charge in [0.15, 0.2) is 0 Å². The highest BCUT2D eigenvalue weighted by molar-refractivity contribution is 7.80. The third kappa shape index (κ3) is 3.71. The van der Waals surface area contributed by atoms with Gasteiger partial charge in [0.05, 0.1) is 6.10 Å². The molecule has 2 nitrogen and oxygen atoms in total. The van der Waals surface area contributed by atoms with Crippen LogP contribution in [0.15, 0.2) is 60.7 Å². The molecule has 124 valence electrons. The van der Waals surface area contributed by atoms with E-state index in [1.807, 2.05) is 36.4 Å². The second kappa shape index (κ2) is 7.22. The molecule has 0 fully saturated rings. The zero-order chi connectivity index (χ0) is 17.1. The first kappa shape index (κ1) is 18.3. The summed E-state index contributed by atoms with van der Waals surface area (Å²) in [5.74, 6) is 0. The van der Waals surface area contributed by atoms with Crippen LogP contribution in [0.2, 0.25) is 5.04 Å². The van der Waals surface area contributed by atoms with Crippen molar-refractivity contribution < 1.29 is 9.53 Å². The standard InChI is InChI=1S/C19H26O2SSi/c1-15(20)18(22)21-23(19(2,3)4,16-11-7-5-8-12-16)17-13-9-6-10-14-17/h5-15,18,20,22H,1-4H3. The Hall–Kier alpha value is -1.07. The van der Waals surface area contributed by atoms with Gasteiger partial charge in [-0.15, -0.1) is 12.6 Å². The Kier molecular flexibility index (Phi) is 5.73. The molecule has 0 aliphatic rings. The van der Waals surface area contributed by atoms with Gasteiger partial charge in [0.25, 0.3) is 8.32 Å². The maximum atomic E-state index is 9.96. The summed E-state index contributed by atoms with van der Waals surface area (Å²) in [6, 6.07) is 20.7. The first-order valence-corrected chi connectivity index (χ1v) is 10.4. The van der Waals surface area contributed by atoms with E-state index in [0.29, 0.717) is 0 Å². The van der Waals surface area contributed by atoms with Crippen LogP contribution in [0.3, 0.4) is 0 Å². The predicted octanol–water partition coefficient (Wildman–Crippen LogP) is 3.20. The van der Waals surface area contributed by atoms with Crippen molar-refractivity contribution in [1.82, 2.24) is 0 Å². The zero-order valence-electron chi connectivity index (χ0n) is 14.2. The highest BCUT2D eigenvalue weighted by Gasteiger charge is 2.51. The van der Waals surface area contributed by atoms with Crippen LogP contribution < -0.4 is 10.4 Å². The number of aliphatic hydroxyl groups excluding tert-OH is 1. The van der Waals surface area contributed by atoms with Gasteiger partial charge < -0.3 is 9.53 Å². The van der Waals surface area contributed by atoms with Gasteiger partial charge >= 0.3 is 0 Å². The van der Waals surface area contributed by atoms with Gasteiger partial charge in [-0.05, 0) is 22.3 Å². The van der Waals surface area contributed by atoms with E-state index in [1.165, 1.54) is 10.4 Å². The van der Waals surface area contributed by atoms with E-state index in [-0.39, 0.29) is 5.04 Å². The third-order valence-corrected chi connectivity index (χ3v) is 9.87. The zero-order valence-corrected chi connectivity index (χ0v) is 16.1. The molecule has 0 aromatic heterocycles. The van der Waals surface area contributed by atoms with E-state index in [0.717, 1.165) is 0 Å². The van der Waals surface area contributed by atoms with Crippen molar-refractivity contribution in [3.8, 4) is 0 Å². The fourth-order valence-electron chi connectivity index (χ4n) is 2.97. The van der Waals surface area contributed by atoms with Gasteiger partial charge in [0.2, 0.25) is 0 Å². The molecule has 1 N–H and O–H groups in total. The molecule has 2 unspecified atom stereocenters. The minimum atomic E-state index is -2.61. The minimum Gasteiger partial charge on any atom is -0.393 e. The van der Waals surface area contributed by atoms with Crippen molar-refractivity contribution in [2.75, 3.05) is 0 Å². The molecule has 0 saturated carbocycles. The van der Waals surface area contributed by atoms with Gasteiger partial charge in [-0.1, -0.05) is 81.4 Å². The smallest absolute Gasteiger partial charge is 0.262 e. The van der Waals surface area contributed by atoms with E-state index < -0.39 is 19.9 Å². The van der Waals surface area contributed by atoms with Crippen molar-refractivity contribution in [2.24, 2.45) is 0 Å². The summed E-state index contributed by atoms with van der Waals surface area (Å²) >= 11 is 4.51. The van der Waals surface area contributed by atoms with Gasteiger partial charge in [0, 0.05) is 0 Å². The quantitative estimate of drug-likeness (QED) is 0.495. The highest BCUT2D eigenvalue weighted by atomic mass is 32.1. The van der Waals surface area contributed by atoms with Crippen molar-refractivity contribution in [3.05, 3.63) is 60.7 Å². The number of aliphatic hydroxyl groups is 1. The van der Waals surface area contributed by atoms with Crippen molar-refractivity contribution >= 4 is 31.3 Å². The summed E-state index contributed by atoms with van der Waals surface area (Å²) in [4.78, 5) is 0. The summed E-state index contributed by atoms with van der Waals surface area (Å²) in [6.07, 6.45) is -0.639. The Morgan fingerprint density at radius 2 is 1.30 bits per heavy atom. The number of benzene rings is 2. The number of rotatable bonds is 5. The van der Waals surface area contributed by atoms with Gasteiger partial charge in [-0.2, -0.15) is 0 Å². The number of hydrogen-bond donors (Lipinski definition) is 2. The molecule has 0 amide bonds. The summed E-state index contributed by atoms with van der Waals surface area (Å²) in [6.45, 7) is 8.35. The fraction of sp³-hybridized carbons (Fsp3) is 0.368. The molecule has 0 bridgehead atoms. The lowest BCUT2D eigenvalue weighted by atomic mass is 10.2. The number of hydrogen-bond acceptors (Lipinski definition) is 3. The lowest BCUT2D eigenvalue weighted by molar-refractivity contribution is 0.0968. The molecule has 23 heavy (non-hydrogen) atoms. The monoisotopic (exact) mass is 346 g/mol. The average molecular weight is 347 g/mol. The predicted molar refractivity (Wildman–Crippen MR) is 103 cm³/mol. The summed E-state index contributed by atoms with van der Waals surface area (Å²) in [7, 11) is -2.61. The van der Waals surface area contributed by atoms with Crippen LogP contribution in [0, 0.1) is 0 Å². The van der Waals surface area contributed by atoms with Crippen molar-refractivity contribution in [2.45, 2.75) is 44.3 Å². The van der Waals surface area contributed by atoms with Crippen LogP contribution in [-0.4, -0.2) is 25.0 Å². The number of thiol groups is 1. The molecule has 2 aromatic carbocycles. The van der Waals surface area contributed by atoms with Crippen LogP contribution in [0.1, 0.15) is 27.7 Å². The topological polar surface area (TPSA) is 29.5 Å². The summed E-state index contributed by atoms with van der Waals surface area (Å²) < 4.78 is 6.59. The molecular formula is C19H26O2SSi. The van der Waals surface area contributed by atoms with E-state index in [4.69, 9.17) is 4.43 Å². The highest BCUT2D eigenvalue weighted by Crippen LogP contribution is 2.38. The minimum absolute atomic E-state index is 0.106. The van der Waals surface area contributed by atoms with Gasteiger partial charge in [-0.25, -0.2) is 0 Å². The Morgan fingerprint density at radius 3 is 1.61 bits per heavy atom. The molecule has 0 spiro atoms. The summed E-state index contributed by atoms with van der Waals surface area (Å²) in [5, 5.41) is 12.2.